The monoisotopic (exact) mass is 315 g/mol. The summed E-state index contributed by atoms with van der Waals surface area (Å²) in [7, 11) is 1.58. The van der Waals surface area contributed by atoms with E-state index in [1.165, 1.54) is 0 Å². The Bertz CT molecular complexity index is 465. The largest absolute Gasteiger partial charge is 0.493 e. The van der Waals surface area contributed by atoms with E-state index < -0.39 is 0 Å². The summed E-state index contributed by atoms with van der Waals surface area (Å²) in [6.07, 6.45) is 0. The first-order valence-electron chi connectivity index (χ1n) is 6.66. The molecule has 6 nitrogen and oxygen atoms in total. The summed E-state index contributed by atoms with van der Waals surface area (Å²) >= 11 is 0. The van der Waals surface area contributed by atoms with Crippen LogP contribution >= 0.6 is 12.4 Å². The van der Waals surface area contributed by atoms with Crippen LogP contribution in [-0.2, 0) is 4.74 Å². The lowest BCUT2D eigenvalue weighted by Crippen LogP contribution is -2.38. The molecule has 0 aliphatic carbocycles. The first-order valence-corrected chi connectivity index (χ1v) is 6.66. The molecule has 0 radical (unpaired) electrons. The smallest absolute Gasteiger partial charge is 0.161 e. The lowest BCUT2D eigenvalue weighted by molar-refractivity contribution is 0.0321. The van der Waals surface area contributed by atoms with Gasteiger partial charge in [-0.25, -0.2) is 0 Å². The topological polar surface area (TPSA) is 80.8 Å². The molecule has 0 spiro atoms. The van der Waals surface area contributed by atoms with E-state index in [1.54, 1.807) is 25.3 Å². The van der Waals surface area contributed by atoms with Gasteiger partial charge in [0.05, 0.1) is 20.3 Å². The molecular weight excluding hydrogens is 294 g/mol. The second kappa shape index (κ2) is 8.71. The lowest BCUT2D eigenvalue weighted by Gasteiger charge is -2.26. The van der Waals surface area contributed by atoms with Gasteiger partial charge in [-0.3, -0.25) is 10.3 Å². The van der Waals surface area contributed by atoms with Gasteiger partial charge in [0, 0.05) is 25.2 Å². The number of benzene rings is 1. The second-order valence-electron chi connectivity index (χ2n) is 4.58. The Kier molecular flexibility index (Phi) is 7.28. The van der Waals surface area contributed by atoms with Gasteiger partial charge in [-0.1, -0.05) is 0 Å². The van der Waals surface area contributed by atoms with Crippen LogP contribution in [0.1, 0.15) is 5.56 Å². The maximum Gasteiger partial charge on any atom is 0.161 e. The fraction of sp³-hybridized carbons (Fsp3) is 0.500. The highest BCUT2D eigenvalue weighted by atomic mass is 35.5. The van der Waals surface area contributed by atoms with Crippen molar-refractivity contribution in [2.24, 2.45) is 5.73 Å². The molecule has 1 saturated heterocycles. The number of halogens is 1. The SMILES string of the molecule is COc1cc(C(=N)N)ccc1OCCN1CCOCC1.Cl. The Morgan fingerprint density at radius 3 is 2.67 bits per heavy atom. The predicted octanol–water partition coefficient (Wildman–Crippen LogP) is 1.11. The van der Waals surface area contributed by atoms with Gasteiger partial charge in [-0.05, 0) is 18.2 Å². The molecule has 0 aromatic heterocycles. The minimum Gasteiger partial charge on any atom is -0.493 e. The number of nitrogens with one attached hydrogen (secondary N) is 1. The van der Waals surface area contributed by atoms with E-state index in [9.17, 15) is 0 Å². The van der Waals surface area contributed by atoms with Crippen LogP contribution in [-0.4, -0.2) is 57.3 Å². The second-order valence-corrected chi connectivity index (χ2v) is 4.58. The highest BCUT2D eigenvalue weighted by Gasteiger charge is 2.11. The number of nitrogens with two attached hydrogens (primary N) is 1. The van der Waals surface area contributed by atoms with Crippen molar-refractivity contribution in [1.29, 1.82) is 5.41 Å². The number of ether oxygens (including phenoxy) is 3. The van der Waals surface area contributed by atoms with Crippen LogP contribution in [0.2, 0.25) is 0 Å². The number of hydrogen-bond donors (Lipinski definition) is 2. The molecule has 0 atom stereocenters. The zero-order valence-corrected chi connectivity index (χ0v) is 12.9. The van der Waals surface area contributed by atoms with Gasteiger partial charge in [0.15, 0.2) is 11.5 Å². The zero-order chi connectivity index (χ0) is 14.4. The quantitative estimate of drug-likeness (QED) is 0.607. The fourth-order valence-electron chi connectivity index (χ4n) is 2.06. The molecule has 7 heteroatoms. The van der Waals surface area contributed by atoms with E-state index in [4.69, 9.17) is 25.4 Å². The van der Waals surface area contributed by atoms with E-state index in [2.05, 4.69) is 4.90 Å². The van der Waals surface area contributed by atoms with Crippen molar-refractivity contribution in [3.8, 4) is 11.5 Å². The molecule has 3 N–H and O–H groups in total. The average Bonchev–Trinajstić information content (AvgIpc) is 2.48. The van der Waals surface area contributed by atoms with E-state index >= 15 is 0 Å². The van der Waals surface area contributed by atoms with Crippen LogP contribution in [0.15, 0.2) is 18.2 Å². The molecule has 0 saturated carbocycles. The van der Waals surface area contributed by atoms with Crippen molar-refractivity contribution in [2.45, 2.75) is 0 Å². The van der Waals surface area contributed by atoms with Gasteiger partial charge in [0.2, 0.25) is 0 Å². The van der Waals surface area contributed by atoms with Crippen LogP contribution in [0.5, 0.6) is 11.5 Å². The summed E-state index contributed by atoms with van der Waals surface area (Å²) in [6.45, 7) is 4.93. The normalized spacial score (nSPS) is 15.1. The van der Waals surface area contributed by atoms with Gasteiger partial charge in [-0.15, -0.1) is 12.4 Å². The van der Waals surface area contributed by atoms with Crippen LogP contribution < -0.4 is 15.2 Å². The Morgan fingerprint density at radius 1 is 1.33 bits per heavy atom. The summed E-state index contributed by atoms with van der Waals surface area (Å²) in [5, 5.41) is 7.41. The molecule has 118 valence electrons. The highest BCUT2D eigenvalue weighted by molar-refractivity contribution is 5.95. The minimum absolute atomic E-state index is 0. The summed E-state index contributed by atoms with van der Waals surface area (Å²) < 4.78 is 16.3. The van der Waals surface area contributed by atoms with Crippen molar-refractivity contribution in [2.75, 3.05) is 46.6 Å². The summed E-state index contributed by atoms with van der Waals surface area (Å²) in [4.78, 5) is 2.31. The van der Waals surface area contributed by atoms with Gasteiger partial charge >= 0.3 is 0 Å². The predicted molar refractivity (Wildman–Crippen MR) is 84.0 cm³/mol. The van der Waals surface area contributed by atoms with Crippen molar-refractivity contribution < 1.29 is 14.2 Å². The van der Waals surface area contributed by atoms with E-state index in [0.29, 0.717) is 23.7 Å². The minimum atomic E-state index is 0. The van der Waals surface area contributed by atoms with Gasteiger partial charge < -0.3 is 19.9 Å². The summed E-state index contributed by atoms with van der Waals surface area (Å²) in [5.41, 5.74) is 6.08. The number of methoxy groups -OCH3 is 1. The third-order valence-electron chi connectivity index (χ3n) is 3.24. The Morgan fingerprint density at radius 2 is 2.05 bits per heavy atom. The molecule has 1 heterocycles. The van der Waals surface area contributed by atoms with Crippen molar-refractivity contribution in [1.82, 2.24) is 4.90 Å². The first kappa shape index (κ1) is 17.6. The summed E-state index contributed by atoms with van der Waals surface area (Å²) in [5.74, 6) is 1.29. The van der Waals surface area contributed by atoms with E-state index in [-0.39, 0.29) is 18.2 Å². The third kappa shape index (κ3) is 5.08. The molecule has 2 rings (SSSR count). The van der Waals surface area contributed by atoms with Crippen molar-refractivity contribution in [3.63, 3.8) is 0 Å². The number of morpholine rings is 1. The lowest BCUT2D eigenvalue weighted by atomic mass is 10.2. The molecular formula is C14H22ClN3O3. The van der Waals surface area contributed by atoms with Gasteiger partial charge in [-0.2, -0.15) is 0 Å². The zero-order valence-electron chi connectivity index (χ0n) is 12.1. The maximum absolute atomic E-state index is 7.41. The highest BCUT2D eigenvalue weighted by Crippen LogP contribution is 2.27. The maximum atomic E-state index is 7.41. The molecule has 0 amide bonds. The fourth-order valence-corrected chi connectivity index (χ4v) is 2.06. The van der Waals surface area contributed by atoms with Crippen LogP contribution in [0, 0.1) is 5.41 Å². The van der Waals surface area contributed by atoms with Crippen LogP contribution in [0.4, 0.5) is 0 Å². The van der Waals surface area contributed by atoms with Gasteiger partial charge in [0.25, 0.3) is 0 Å². The molecule has 1 fully saturated rings. The molecule has 1 aromatic rings. The number of hydrogen-bond acceptors (Lipinski definition) is 5. The molecule has 1 aliphatic heterocycles. The van der Waals surface area contributed by atoms with E-state index in [1.807, 2.05) is 0 Å². The van der Waals surface area contributed by atoms with Crippen LogP contribution in [0.3, 0.4) is 0 Å². The summed E-state index contributed by atoms with van der Waals surface area (Å²) in [6, 6.07) is 5.26. The Hall–Kier alpha value is -1.50. The molecule has 0 bridgehead atoms. The first-order chi connectivity index (χ1) is 9.70. The molecule has 21 heavy (non-hydrogen) atoms. The standard InChI is InChI=1S/C14H21N3O3.ClH/c1-18-13-10-11(14(15)16)2-3-12(13)20-9-6-17-4-7-19-8-5-17;/h2-3,10H,4-9H2,1H3,(H3,15,16);1H. The van der Waals surface area contributed by atoms with Crippen LogP contribution in [0.25, 0.3) is 0 Å². The number of rotatable bonds is 6. The Labute approximate surface area is 131 Å². The number of amidine groups is 1. The number of nitrogen functional groups attached to an aromatic ring is 1. The van der Waals surface area contributed by atoms with Crippen molar-refractivity contribution >= 4 is 18.2 Å². The molecule has 1 aromatic carbocycles. The molecule has 1 aliphatic rings. The average molecular weight is 316 g/mol. The number of nitrogens with zero attached hydrogens (tertiary/aromatic N) is 1. The van der Waals surface area contributed by atoms with Crippen molar-refractivity contribution in [3.05, 3.63) is 23.8 Å². The van der Waals surface area contributed by atoms with Gasteiger partial charge in [0.1, 0.15) is 12.4 Å². The molecule has 0 unspecified atom stereocenters. The van der Waals surface area contributed by atoms with E-state index in [0.717, 1.165) is 32.8 Å². The third-order valence-corrected chi connectivity index (χ3v) is 3.24. The Balaban J connectivity index is 0.00000220.